The molecule has 0 atom stereocenters. The Morgan fingerprint density at radius 3 is 2.42 bits per heavy atom. The Balaban J connectivity index is 1.49. The minimum Gasteiger partial charge on any atom is -0.489 e. The van der Waals surface area contributed by atoms with E-state index in [-0.39, 0.29) is 23.6 Å². The number of benzene rings is 3. The largest absolute Gasteiger partial charge is 0.489 e. The first kappa shape index (κ1) is 24.6. The Hall–Kier alpha value is -4.53. The lowest BCUT2D eigenvalue weighted by molar-refractivity contribution is -0.136. The molecule has 0 unspecified atom stereocenters. The lowest BCUT2D eigenvalue weighted by Gasteiger charge is -2.16. The summed E-state index contributed by atoms with van der Waals surface area (Å²) in [7, 11) is 0. The molecule has 0 aliphatic heterocycles. The number of aryl methyl sites for hydroxylation is 1. The van der Waals surface area contributed by atoms with E-state index in [9.17, 15) is 22.8 Å². The lowest BCUT2D eigenvalue weighted by atomic mass is 10.1. The Morgan fingerprint density at radius 2 is 1.69 bits per heavy atom. The van der Waals surface area contributed by atoms with E-state index in [0.717, 1.165) is 23.3 Å². The number of ether oxygens (including phenoxy) is 1. The van der Waals surface area contributed by atoms with Gasteiger partial charge in [0.25, 0.3) is 11.8 Å². The number of alkyl halides is 3. The summed E-state index contributed by atoms with van der Waals surface area (Å²) in [5.41, 5.74) is 0.484. The molecule has 0 saturated heterocycles. The summed E-state index contributed by atoms with van der Waals surface area (Å²) < 4.78 is 51.9. The van der Waals surface area contributed by atoms with E-state index in [2.05, 4.69) is 10.6 Å². The average Bonchev–Trinajstić information content (AvgIpc) is 3.39. The standard InChI is InChI=1S/C27H21F3N2O4/c1-17-5-2-6-18(13-17)16-36-21-8-3-7-19(14-21)25(33)32-23-11-10-20(15-22(23)27(28,29)30)31-26(34)24-9-4-12-35-24/h2-15H,16H2,1H3,(H,31,34)(H,32,33). The highest BCUT2D eigenvalue weighted by atomic mass is 19.4. The van der Waals surface area contributed by atoms with Crippen molar-refractivity contribution < 1.29 is 31.9 Å². The van der Waals surface area contributed by atoms with E-state index in [1.807, 2.05) is 31.2 Å². The van der Waals surface area contributed by atoms with Gasteiger partial charge in [-0.3, -0.25) is 9.59 Å². The quantitative estimate of drug-likeness (QED) is 0.300. The second kappa shape index (κ2) is 10.4. The van der Waals surface area contributed by atoms with Crippen molar-refractivity contribution in [2.45, 2.75) is 19.7 Å². The molecule has 1 aromatic heterocycles. The summed E-state index contributed by atoms with van der Waals surface area (Å²) in [6.45, 7) is 2.24. The molecule has 0 spiro atoms. The van der Waals surface area contributed by atoms with Crippen LogP contribution in [0.25, 0.3) is 0 Å². The Kier molecular flexibility index (Phi) is 7.10. The van der Waals surface area contributed by atoms with Crippen LogP contribution in [0, 0.1) is 6.92 Å². The Bertz CT molecular complexity index is 1380. The van der Waals surface area contributed by atoms with Crippen LogP contribution in [0.1, 0.15) is 37.6 Å². The zero-order valence-corrected chi connectivity index (χ0v) is 19.1. The minimum atomic E-state index is -4.78. The molecule has 36 heavy (non-hydrogen) atoms. The first-order chi connectivity index (χ1) is 17.2. The first-order valence-corrected chi connectivity index (χ1v) is 10.8. The van der Waals surface area contributed by atoms with Crippen molar-refractivity contribution in [3.8, 4) is 5.75 Å². The molecule has 4 aromatic rings. The smallest absolute Gasteiger partial charge is 0.418 e. The van der Waals surface area contributed by atoms with Gasteiger partial charge in [-0.15, -0.1) is 0 Å². The number of carbonyl (C=O) groups is 2. The van der Waals surface area contributed by atoms with E-state index in [4.69, 9.17) is 9.15 Å². The first-order valence-electron chi connectivity index (χ1n) is 10.8. The molecule has 3 aromatic carbocycles. The number of rotatable bonds is 7. The third kappa shape index (κ3) is 6.12. The molecule has 6 nitrogen and oxygen atoms in total. The topological polar surface area (TPSA) is 80.6 Å². The predicted octanol–water partition coefficient (Wildman–Crippen LogP) is 6.69. The summed E-state index contributed by atoms with van der Waals surface area (Å²) in [6.07, 6.45) is -3.51. The van der Waals surface area contributed by atoms with Crippen LogP contribution < -0.4 is 15.4 Å². The number of hydrogen-bond donors (Lipinski definition) is 2. The van der Waals surface area contributed by atoms with Crippen molar-refractivity contribution in [1.82, 2.24) is 0 Å². The molecule has 0 saturated carbocycles. The fourth-order valence-corrected chi connectivity index (χ4v) is 3.46. The van der Waals surface area contributed by atoms with Gasteiger partial charge in [-0.1, -0.05) is 35.9 Å². The van der Waals surface area contributed by atoms with E-state index in [1.54, 1.807) is 12.1 Å². The van der Waals surface area contributed by atoms with Crippen LogP contribution >= 0.6 is 0 Å². The summed E-state index contributed by atoms with van der Waals surface area (Å²) in [6, 6.07) is 19.9. The molecule has 0 aliphatic rings. The van der Waals surface area contributed by atoms with Gasteiger partial charge < -0.3 is 19.8 Å². The summed E-state index contributed by atoms with van der Waals surface area (Å²) in [5.74, 6) is -1.09. The van der Waals surface area contributed by atoms with Crippen LogP contribution in [-0.4, -0.2) is 11.8 Å². The highest BCUT2D eigenvalue weighted by Gasteiger charge is 2.34. The zero-order chi connectivity index (χ0) is 25.7. The maximum atomic E-state index is 13.7. The maximum absolute atomic E-state index is 13.7. The van der Waals surface area contributed by atoms with Crippen molar-refractivity contribution in [3.05, 3.63) is 113 Å². The molecule has 184 valence electrons. The third-order valence-electron chi connectivity index (χ3n) is 5.16. The van der Waals surface area contributed by atoms with Crippen LogP contribution in [0.5, 0.6) is 5.75 Å². The molecule has 0 fully saturated rings. The average molecular weight is 494 g/mol. The molecule has 0 bridgehead atoms. The number of furan rings is 1. The van der Waals surface area contributed by atoms with Gasteiger partial charge in [0, 0.05) is 11.3 Å². The number of amides is 2. The van der Waals surface area contributed by atoms with E-state index >= 15 is 0 Å². The maximum Gasteiger partial charge on any atom is 0.418 e. The fraction of sp³-hybridized carbons (Fsp3) is 0.111. The highest BCUT2D eigenvalue weighted by Crippen LogP contribution is 2.37. The molecule has 1 heterocycles. The van der Waals surface area contributed by atoms with Crippen molar-refractivity contribution in [3.63, 3.8) is 0 Å². The summed E-state index contributed by atoms with van der Waals surface area (Å²) in [5, 5.41) is 4.65. The van der Waals surface area contributed by atoms with Crippen LogP contribution in [0.2, 0.25) is 0 Å². The monoisotopic (exact) mass is 494 g/mol. The highest BCUT2D eigenvalue weighted by molar-refractivity contribution is 6.05. The van der Waals surface area contributed by atoms with Gasteiger partial charge in [0.2, 0.25) is 0 Å². The molecule has 0 radical (unpaired) electrons. The number of hydrogen-bond acceptors (Lipinski definition) is 4. The van der Waals surface area contributed by atoms with Gasteiger partial charge in [0.1, 0.15) is 12.4 Å². The molecule has 0 aliphatic carbocycles. The molecule has 9 heteroatoms. The van der Waals surface area contributed by atoms with Gasteiger partial charge in [0.05, 0.1) is 17.5 Å². The molecule has 4 rings (SSSR count). The van der Waals surface area contributed by atoms with Crippen LogP contribution in [0.4, 0.5) is 24.5 Å². The van der Waals surface area contributed by atoms with Crippen LogP contribution in [-0.2, 0) is 12.8 Å². The molecular formula is C27H21F3N2O4. The van der Waals surface area contributed by atoms with E-state index < -0.39 is 29.2 Å². The second-order valence-corrected chi connectivity index (χ2v) is 7.95. The third-order valence-corrected chi connectivity index (χ3v) is 5.16. The predicted molar refractivity (Wildman–Crippen MR) is 128 cm³/mol. The summed E-state index contributed by atoms with van der Waals surface area (Å²) >= 11 is 0. The number of halogens is 3. The van der Waals surface area contributed by atoms with Gasteiger partial charge in [-0.2, -0.15) is 13.2 Å². The van der Waals surface area contributed by atoms with Gasteiger partial charge in [-0.25, -0.2) is 0 Å². The SMILES string of the molecule is Cc1cccc(COc2cccc(C(=O)Nc3ccc(NC(=O)c4ccco4)cc3C(F)(F)F)c2)c1. The number of carbonyl (C=O) groups excluding carboxylic acids is 2. The van der Waals surface area contributed by atoms with Crippen molar-refractivity contribution in [1.29, 1.82) is 0 Å². The van der Waals surface area contributed by atoms with Crippen LogP contribution in [0.15, 0.2) is 89.5 Å². The normalized spacial score (nSPS) is 11.1. The molecule has 2 N–H and O–H groups in total. The van der Waals surface area contributed by atoms with E-state index in [0.29, 0.717) is 5.75 Å². The zero-order valence-electron chi connectivity index (χ0n) is 19.1. The number of nitrogens with one attached hydrogen (secondary N) is 2. The summed E-state index contributed by atoms with van der Waals surface area (Å²) in [4.78, 5) is 24.9. The van der Waals surface area contributed by atoms with E-state index in [1.165, 1.54) is 36.6 Å². The Labute approximate surface area is 204 Å². The fourth-order valence-electron chi connectivity index (χ4n) is 3.46. The lowest BCUT2D eigenvalue weighted by Crippen LogP contribution is -2.18. The number of anilines is 2. The van der Waals surface area contributed by atoms with Gasteiger partial charge in [-0.05, 0) is 61.0 Å². The second-order valence-electron chi connectivity index (χ2n) is 7.95. The van der Waals surface area contributed by atoms with Gasteiger partial charge >= 0.3 is 6.18 Å². The Morgan fingerprint density at radius 1 is 0.889 bits per heavy atom. The van der Waals surface area contributed by atoms with Crippen molar-refractivity contribution >= 4 is 23.2 Å². The van der Waals surface area contributed by atoms with Gasteiger partial charge in [0.15, 0.2) is 5.76 Å². The van der Waals surface area contributed by atoms with Crippen molar-refractivity contribution in [2.75, 3.05) is 10.6 Å². The molecule has 2 amide bonds. The minimum absolute atomic E-state index is 0.0505. The molecular weight excluding hydrogens is 473 g/mol. The van der Waals surface area contributed by atoms with Crippen LogP contribution in [0.3, 0.4) is 0 Å². The van der Waals surface area contributed by atoms with Crippen molar-refractivity contribution in [2.24, 2.45) is 0 Å².